The zero-order valence-electron chi connectivity index (χ0n) is 12.7. The van der Waals surface area contributed by atoms with Gasteiger partial charge in [-0.2, -0.15) is 0 Å². The Labute approximate surface area is 121 Å². The Morgan fingerprint density at radius 3 is 2.50 bits per heavy atom. The number of benzene rings is 1. The second-order valence-corrected chi connectivity index (χ2v) is 5.16. The van der Waals surface area contributed by atoms with E-state index in [2.05, 4.69) is 18.2 Å². The van der Waals surface area contributed by atoms with Crippen molar-refractivity contribution < 1.29 is 9.47 Å². The first-order chi connectivity index (χ1) is 9.47. The van der Waals surface area contributed by atoms with Gasteiger partial charge in [-0.3, -0.25) is 5.32 Å². The standard InChI is InChI=1S/C16H24N2O2/c1-6-12(2)18-16(3,11-17)10-13-7-8-14(19-4)15(9-13)20-5/h1,7-9,12,18H,10-11,17H2,2-5H3. The third-order valence-corrected chi connectivity index (χ3v) is 3.31. The molecule has 0 bridgehead atoms. The molecule has 1 aromatic carbocycles. The van der Waals surface area contributed by atoms with E-state index in [0.29, 0.717) is 6.54 Å². The molecule has 0 fully saturated rings. The van der Waals surface area contributed by atoms with Crippen molar-refractivity contribution in [2.24, 2.45) is 5.73 Å². The van der Waals surface area contributed by atoms with E-state index in [1.54, 1.807) is 14.2 Å². The first-order valence-electron chi connectivity index (χ1n) is 6.63. The molecular formula is C16H24N2O2. The van der Waals surface area contributed by atoms with Gasteiger partial charge in [-0.1, -0.05) is 12.0 Å². The quantitative estimate of drug-likeness (QED) is 0.742. The van der Waals surface area contributed by atoms with Crippen LogP contribution in [0.3, 0.4) is 0 Å². The number of hydrogen-bond donors (Lipinski definition) is 2. The maximum Gasteiger partial charge on any atom is 0.160 e. The summed E-state index contributed by atoms with van der Waals surface area (Å²) in [7, 11) is 3.25. The Bertz CT molecular complexity index is 482. The van der Waals surface area contributed by atoms with Crippen LogP contribution in [0.4, 0.5) is 0 Å². The predicted octanol–water partition coefficient (Wildman–Crippen LogP) is 1.57. The summed E-state index contributed by atoms with van der Waals surface area (Å²) in [4.78, 5) is 0. The molecule has 0 saturated carbocycles. The number of methoxy groups -OCH3 is 2. The first-order valence-corrected chi connectivity index (χ1v) is 6.63. The number of terminal acetylenes is 1. The summed E-state index contributed by atoms with van der Waals surface area (Å²) >= 11 is 0. The molecule has 0 aliphatic heterocycles. The molecular weight excluding hydrogens is 252 g/mol. The average Bonchev–Trinajstić information content (AvgIpc) is 2.46. The summed E-state index contributed by atoms with van der Waals surface area (Å²) in [6, 6.07) is 5.85. The predicted molar refractivity (Wildman–Crippen MR) is 82.1 cm³/mol. The van der Waals surface area contributed by atoms with Crippen molar-refractivity contribution in [3.8, 4) is 23.8 Å². The lowest BCUT2D eigenvalue weighted by Crippen LogP contribution is -2.53. The first kappa shape index (κ1) is 16.4. The van der Waals surface area contributed by atoms with E-state index in [-0.39, 0.29) is 11.6 Å². The summed E-state index contributed by atoms with van der Waals surface area (Å²) in [6.07, 6.45) is 6.18. The monoisotopic (exact) mass is 276 g/mol. The van der Waals surface area contributed by atoms with Crippen LogP contribution < -0.4 is 20.5 Å². The molecule has 0 heterocycles. The minimum absolute atomic E-state index is 0.0244. The Kier molecular flexibility index (Phi) is 5.87. The molecule has 110 valence electrons. The highest BCUT2D eigenvalue weighted by Gasteiger charge is 2.24. The van der Waals surface area contributed by atoms with Crippen LogP contribution in [0, 0.1) is 12.3 Å². The van der Waals surface area contributed by atoms with Crippen LogP contribution in [0.25, 0.3) is 0 Å². The van der Waals surface area contributed by atoms with Crippen molar-refractivity contribution in [1.29, 1.82) is 0 Å². The van der Waals surface area contributed by atoms with E-state index in [1.807, 2.05) is 25.1 Å². The van der Waals surface area contributed by atoms with Gasteiger partial charge in [0.2, 0.25) is 0 Å². The largest absolute Gasteiger partial charge is 0.493 e. The molecule has 4 nitrogen and oxygen atoms in total. The minimum Gasteiger partial charge on any atom is -0.493 e. The van der Waals surface area contributed by atoms with Gasteiger partial charge in [0.1, 0.15) is 0 Å². The summed E-state index contributed by atoms with van der Waals surface area (Å²) < 4.78 is 10.6. The van der Waals surface area contributed by atoms with E-state index in [9.17, 15) is 0 Å². The van der Waals surface area contributed by atoms with Crippen LogP contribution in [0.15, 0.2) is 18.2 Å². The van der Waals surface area contributed by atoms with Crippen molar-refractivity contribution >= 4 is 0 Å². The van der Waals surface area contributed by atoms with Crippen LogP contribution >= 0.6 is 0 Å². The Balaban J connectivity index is 2.92. The van der Waals surface area contributed by atoms with Crippen molar-refractivity contribution in [3.05, 3.63) is 23.8 Å². The molecule has 3 N–H and O–H groups in total. The van der Waals surface area contributed by atoms with E-state index in [4.69, 9.17) is 21.6 Å². The van der Waals surface area contributed by atoms with Crippen LogP contribution in [0.1, 0.15) is 19.4 Å². The molecule has 4 heteroatoms. The molecule has 0 saturated heterocycles. The molecule has 0 aliphatic rings. The molecule has 1 rings (SSSR count). The number of ether oxygens (including phenoxy) is 2. The van der Waals surface area contributed by atoms with Crippen LogP contribution in [-0.2, 0) is 6.42 Å². The molecule has 0 spiro atoms. The maximum atomic E-state index is 5.90. The van der Waals surface area contributed by atoms with Gasteiger partial charge in [0, 0.05) is 12.1 Å². The second-order valence-electron chi connectivity index (χ2n) is 5.16. The van der Waals surface area contributed by atoms with E-state index >= 15 is 0 Å². The van der Waals surface area contributed by atoms with E-state index in [1.165, 1.54) is 0 Å². The van der Waals surface area contributed by atoms with Gasteiger partial charge in [-0.25, -0.2) is 0 Å². The van der Waals surface area contributed by atoms with E-state index in [0.717, 1.165) is 23.5 Å². The molecule has 2 unspecified atom stereocenters. The molecule has 0 aromatic heterocycles. The van der Waals surface area contributed by atoms with Crippen molar-refractivity contribution in [2.75, 3.05) is 20.8 Å². The van der Waals surface area contributed by atoms with Gasteiger partial charge in [0.05, 0.1) is 20.3 Å². The molecule has 20 heavy (non-hydrogen) atoms. The summed E-state index contributed by atoms with van der Waals surface area (Å²) in [6.45, 7) is 4.51. The van der Waals surface area contributed by atoms with Crippen LogP contribution in [0.5, 0.6) is 11.5 Å². The molecule has 2 atom stereocenters. The van der Waals surface area contributed by atoms with Crippen molar-refractivity contribution in [2.45, 2.75) is 31.8 Å². The number of nitrogens with two attached hydrogens (primary N) is 1. The van der Waals surface area contributed by atoms with Crippen molar-refractivity contribution in [3.63, 3.8) is 0 Å². The van der Waals surface area contributed by atoms with E-state index < -0.39 is 0 Å². The topological polar surface area (TPSA) is 56.5 Å². The highest BCUT2D eigenvalue weighted by molar-refractivity contribution is 5.43. The molecule has 1 aromatic rings. The minimum atomic E-state index is -0.259. The fourth-order valence-corrected chi connectivity index (χ4v) is 2.19. The van der Waals surface area contributed by atoms with Crippen LogP contribution in [-0.4, -0.2) is 32.3 Å². The van der Waals surface area contributed by atoms with Gasteiger partial charge in [0.15, 0.2) is 11.5 Å². The Hall–Kier alpha value is -1.70. The average molecular weight is 276 g/mol. The van der Waals surface area contributed by atoms with Crippen molar-refractivity contribution in [1.82, 2.24) is 5.32 Å². The number of hydrogen-bond acceptors (Lipinski definition) is 4. The fourth-order valence-electron chi connectivity index (χ4n) is 2.19. The lowest BCUT2D eigenvalue weighted by atomic mass is 9.91. The lowest BCUT2D eigenvalue weighted by Gasteiger charge is -2.31. The molecule has 0 radical (unpaired) electrons. The summed E-state index contributed by atoms with van der Waals surface area (Å²) in [5.74, 6) is 4.11. The third-order valence-electron chi connectivity index (χ3n) is 3.31. The Morgan fingerprint density at radius 1 is 1.35 bits per heavy atom. The lowest BCUT2D eigenvalue weighted by molar-refractivity contribution is 0.342. The SMILES string of the molecule is C#CC(C)NC(C)(CN)Cc1ccc(OC)c(OC)c1. The highest BCUT2D eigenvalue weighted by Crippen LogP contribution is 2.29. The second kappa shape index (κ2) is 7.18. The zero-order valence-corrected chi connectivity index (χ0v) is 12.7. The van der Waals surface area contributed by atoms with Gasteiger partial charge in [0.25, 0.3) is 0 Å². The maximum absolute atomic E-state index is 5.90. The number of rotatable bonds is 7. The molecule has 0 amide bonds. The van der Waals surface area contributed by atoms with Gasteiger partial charge in [-0.05, 0) is 38.0 Å². The summed E-state index contributed by atoms with van der Waals surface area (Å²) in [5, 5.41) is 3.37. The highest BCUT2D eigenvalue weighted by atomic mass is 16.5. The molecule has 0 aliphatic carbocycles. The van der Waals surface area contributed by atoms with Gasteiger partial charge in [-0.15, -0.1) is 6.42 Å². The number of nitrogens with one attached hydrogen (secondary N) is 1. The normalized spacial score (nSPS) is 15.0. The zero-order chi connectivity index (χ0) is 15.2. The summed E-state index contributed by atoms with van der Waals surface area (Å²) in [5.41, 5.74) is 6.76. The Morgan fingerprint density at radius 2 is 2.00 bits per heavy atom. The van der Waals surface area contributed by atoms with Gasteiger partial charge < -0.3 is 15.2 Å². The van der Waals surface area contributed by atoms with Gasteiger partial charge >= 0.3 is 0 Å². The third kappa shape index (κ3) is 4.16. The smallest absolute Gasteiger partial charge is 0.160 e. The fraction of sp³-hybridized carbons (Fsp3) is 0.500. The van der Waals surface area contributed by atoms with Crippen LogP contribution in [0.2, 0.25) is 0 Å².